The number of primary amides is 1. The summed E-state index contributed by atoms with van der Waals surface area (Å²) in [5.41, 5.74) is 8.86. The quantitative estimate of drug-likeness (QED) is 0.547. The van der Waals surface area contributed by atoms with Crippen molar-refractivity contribution in [3.05, 3.63) is 40.5 Å². The summed E-state index contributed by atoms with van der Waals surface area (Å²) in [4.78, 5) is 22.5. The molecule has 3 rings (SSSR count). The van der Waals surface area contributed by atoms with Crippen LogP contribution >= 0.6 is 23.1 Å². The number of fused-ring (bicyclic) bond motifs is 1. The molecule has 0 fully saturated rings. The van der Waals surface area contributed by atoms with Gasteiger partial charge in [0.05, 0.1) is 5.39 Å². The van der Waals surface area contributed by atoms with Gasteiger partial charge in [-0.05, 0) is 26.3 Å². The maximum Gasteiger partial charge on any atom is 0.218 e. The van der Waals surface area contributed by atoms with Crippen molar-refractivity contribution in [2.24, 2.45) is 5.73 Å². The first-order chi connectivity index (χ1) is 11.5. The van der Waals surface area contributed by atoms with Crippen molar-refractivity contribution >= 4 is 39.2 Å². The van der Waals surface area contributed by atoms with Gasteiger partial charge in [0.1, 0.15) is 15.7 Å². The molecule has 4 nitrogen and oxygen atoms in total. The minimum Gasteiger partial charge on any atom is -0.370 e. The molecule has 0 radical (unpaired) electrons. The molecule has 24 heavy (non-hydrogen) atoms. The number of hydrogen-bond donors (Lipinski definition) is 1. The van der Waals surface area contributed by atoms with Crippen LogP contribution in [0.25, 0.3) is 21.3 Å². The molecule has 2 N–H and O–H groups in total. The average molecular weight is 358 g/mol. The van der Waals surface area contributed by atoms with Gasteiger partial charge in [-0.15, -0.1) is 23.1 Å². The molecule has 0 bridgehead atoms. The lowest BCUT2D eigenvalue weighted by Crippen LogP contribution is -2.11. The predicted octanol–water partition coefficient (Wildman–Crippen LogP) is 4.25. The van der Waals surface area contributed by atoms with Crippen LogP contribution in [0, 0.1) is 20.8 Å². The van der Waals surface area contributed by atoms with Gasteiger partial charge in [-0.2, -0.15) is 0 Å². The van der Waals surface area contributed by atoms with Crippen LogP contribution in [0.1, 0.15) is 22.7 Å². The first kappa shape index (κ1) is 16.9. The van der Waals surface area contributed by atoms with Crippen molar-refractivity contribution in [2.75, 3.05) is 5.75 Å². The molecule has 0 atom stereocenters. The van der Waals surface area contributed by atoms with Crippen molar-refractivity contribution in [3.8, 4) is 11.1 Å². The second-order valence-electron chi connectivity index (χ2n) is 5.72. The molecule has 0 aliphatic heterocycles. The molecule has 0 aliphatic rings. The van der Waals surface area contributed by atoms with E-state index in [0.717, 1.165) is 21.1 Å². The van der Waals surface area contributed by atoms with E-state index < -0.39 is 0 Å². The Morgan fingerprint density at radius 2 is 1.88 bits per heavy atom. The lowest BCUT2D eigenvalue weighted by Gasteiger charge is -2.07. The summed E-state index contributed by atoms with van der Waals surface area (Å²) in [7, 11) is 0. The first-order valence-electron chi connectivity index (χ1n) is 7.71. The summed E-state index contributed by atoms with van der Waals surface area (Å²) in [6.07, 6.45) is 0.345. The monoisotopic (exact) mass is 357 g/mol. The van der Waals surface area contributed by atoms with E-state index in [9.17, 15) is 4.79 Å². The second-order valence-corrected chi connectivity index (χ2v) is 8.01. The van der Waals surface area contributed by atoms with E-state index in [1.165, 1.54) is 21.6 Å². The number of rotatable bonds is 5. The standard InChI is InChI=1S/C18H19N3OS2/c1-10-4-6-13(7-5-10)15-11(2)24-18-16(15)17(20-12(3)21-18)23-9-8-14(19)22/h4-7H,8-9H2,1-3H3,(H2,19,22). The SMILES string of the molecule is Cc1ccc(-c2c(C)sc3nc(C)nc(SCCC(N)=O)c23)cc1. The maximum atomic E-state index is 11.0. The summed E-state index contributed by atoms with van der Waals surface area (Å²) in [5, 5.41) is 2.01. The Bertz CT molecular complexity index is 901. The number of aryl methyl sites for hydroxylation is 3. The molecule has 0 unspecified atom stereocenters. The Kier molecular flexibility index (Phi) is 4.87. The van der Waals surface area contributed by atoms with E-state index in [-0.39, 0.29) is 5.91 Å². The van der Waals surface area contributed by atoms with E-state index in [1.807, 2.05) is 6.92 Å². The molecule has 6 heteroatoms. The smallest absolute Gasteiger partial charge is 0.218 e. The normalized spacial score (nSPS) is 11.1. The molecule has 0 spiro atoms. The zero-order chi connectivity index (χ0) is 17.3. The number of nitrogens with zero attached hydrogens (tertiary/aromatic N) is 2. The minimum absolute atomic E-state index is 0.287. The Balaban J connectivity index is 2.13. The van der Waals surface area contributed by atoms with Gasteiger partial charge in [-0.25, -0.2) is 9.97 Å². The third kappa shape index (κ3) is 3.44. The number of carbonyl (C=O) groups excluding carboxylic acids is 1. The first-order valence-corrected chi connectivity index (χ1v) is 9.52. The molecule has 1 aromatic carbocycles. The van der Waals surface area contributed by atoms with E-state index in [0.29, 0.717) is 12.2 Å². The fourth-order valence-electron chi connectivity index (χ4n) is 2.60. The molecule has 3 aromatic rings. The van der Waals surface area contributed by atoms with Gasteiger partial charge in [-0.3, -0.25) is 4.79 Å². The number of amides is 1. The van der Waals surface area contributed by atoms with Gasteiger partial charge in [0.15, 0.2) is 0 Å². The van der Waals surface area contributed by atoms with Crippen LogP contribution < -0.4 is 5.73 Å². The molecule has 124 valence electrons. The lowest BCUT2D eigenvalue weighted by molar-refractivity contribution is -0.117. The van der Waals surface area contributed by atoms with Gasteiger partial charge < -0.3 is 5.73 Å². The van der Waals surface area contributed by atoms with Crippen LogP contribution in [-0.2, 0) is 4.79 Å². The second kappa shape index (κ2) is 6.91. The van der Waals surface area contributed by atoms with Gasteiger partial charge in [-0.1, -0.05) is 29.8 Å². The van der Waals surface area contributed by atoms with Gasteiger partial charge >= 0.3 is 0 Å². The summed E-state index contributed by atoms with van der Waals surface area (Å²) in [6.45, 7) is 6.10. The van der Waals surface area contributed by atoms with Crippen LogP contribution in [0.5, 0.6) is 0 Å². The lowest BCUT2D eigenvalue weighted by atomic mass is 10.0. The molecule has 0 aliphatic carbocycles. The topological polar surface area (TPSA) is 68.9 Å². The molecular weight excluding hydrogens is 338 g/mol. The Morgan fingerprint density at radius 1 is 1.17 bits per heavy atom. The molecular formula is C18H19N3OS2. The fourth-order valence-corrected chi connectivity index (χ4v) is 4.79. The summed E-state index contributed by atoms with van der Waals surface area (Å²) in [6, 6.07) is 8.52. The van der Waals surface area contributed by atoms with Crippen molar-refractivity contribution < 1.29 is 4.79 Å². The summed E-state index contributed by atoms with van der Waals surface area (Å²) >= 11 is 3.26. The van der Waals surface area contributed by atoms with Crippen LogP contribution in [0.4, 0.5) is 0 Å². The number of carbonyl (C=O) groups is 1. The van der Waals surface area contributed by atoms with Crippen molar-refractivity contribution in [3.63, 3.8) is 0 Å². The van der Waals surface area contributed by atoms with E-state index in [2.05, 4.69) is 48.1 Å². The molecule has 1 amide bonds. The highest BCUT2D eigenvalue weighted by atomic mass is 32.2. The van der Waals surface area contributed by atoms with Crippen molar-refractivity contribution in [1.29, 1.82) is 0 Å². The predicted molar refractivity (Wildman–Crippen MR) is 102 cm³/mol. The maximum absolute atomic E-state index is 11.0. The fraction of sp³-hybridized carbons (Fsp3) is 0.278. The van der Waals surface area contributed by atoms with Gasteiger partial charge in [0.25, 0.3) is 0 Å². The number of nitrogens with two attached hydrogens (primary N) is 1. The molecule has 0 saturated heterocycles. The van der Waals surface area contributed by atoms with Crippen molar-refractivity contribution in [1.82, 2.24) is 9.97 Å². The zero-order valence-electron chi connectivity index (χ0n) is 13.9. The number of aromatic nitrogens is 2. The molecule has 0 saturated carbocycles. The Hall–Kier alpha value is -1.92. The van der Waals surface area contributed by atoms with Crippen LogP contribution in [-0.4, -0.2) is 21.6 Å². The largest absolute Gasteiger partial charge is 0.370 e. The number of benzene rings is 1. The highest BCUT2D eigenvalue weighted by Crippen LogP contribution is 2.41. The van der Waals surface area contributed by atoms with E-state index in [1.54, 1.807) is 23.1 Å². The zero-order valence-corrected chi connectivity index (χ0v) is 15.6. The summed E-state index contributed by atoms with van der Waals surface area (Å²) < 4.78 is 0. The van der Waals surface area contributed by atoms with Gasteiger partial charge in [0.2, 0.25) is 5.91 Å². The Morgan fingerprint density at radius 3 is 2.54 bits per heavy atom. The van der Waals surface area contributed by atoms with Crippen LogP contribution in [0.15, 0.2) is 29.3 Å². The number of thiophene rings is 1. The van der Waals surface area contributed by atoms with E-state index >= 15 is 0 Å². The van der Waals surface area contributed by atoms with Crippen molar-refractivity contribution in [2.45, 2.75) is 32.2 Å². The van der Waals surface area contributed by atoms with Gasteiger partial charge in [0, 0.05) is 22.6 Å². The third-order valence-corrected chi connectivity index (χ3v) is 5.71. The highest BCUT2D eigenvalue weighted by Gasteiger charge is 2.18. The highest BCUT2D eigenvalue weighted by molar-refractivity contribution is 7.99. The van der Waals surface area contributed by atoms with E-state index in [4.69, 9.17) is 5.73 Å². The van der Waals surface area contributed by atoms with Crippen LogP contribution in [0.2, 0.25) is 0 Å². The number of hydrogen-bond acceptors (Lipinski definition) is 5. The number of thioether (sulfide) groups is 1. The van der Waals surface area contributed by atoms with Crippen LogP contribution in [0.3, 0.4) is 0 Å². The molecule has 2 heterocycles. The third-order valence-electron chi connectivity index (χ3n) is 3.73. The summed E-state index contributed by atoms with van der Waals surface area (Å²) in [5.74, 6) is 1.09. The molecule has 2 aromatic heterocycles. The Labute approximate surface area is 149 Å². The minimum atomic E-state index is -0.287. The average Bonchev–Trinajstić information content (AvgIpc) is 2.83.